The number of carbonyl (C=O) groups is 1. The Bertz CT molecular complexity index is 629. The first kappa shape index (κ1) is 13.1. The monoisotopic (exact) mass is 288 g/mol. The van der Waals surface area contributed by atoms with E-state index in [1.54, 1.807) is 22.5 Å². The Kier molecular flexibility index (Phi) is 3.64. The molecule has 0 N–H and O–H groups in total. The molecule has 20 heavy (non-hydrogen) atoms. The molecule has 0 spiro atoms. The van der Waals surface area contributed by atoms with Crippen LogP contribution in [0.5, 0.6) is 0 Å². The van der Waals surface area contributed by atoms with Gasteiger partial charge < -0.3 is 4.57 Å². The molecule has 5 nitrogen and oxygen atoms in total. The average Bonchev–Trinajstić information content (AvgIpc) is 3.12. The van der Waals surface area contributed by atoms with Crippen LogP contribution in [0.3, 0.4) is 0 Å². The lowest BCUT2D eigenvalue weighted by Gasteiger charge is -2.21. The molecule has 0 aromatic carbocycles. The zero-order chi connectivity index (χ0) is 13.9. The highest BCUT2D eigenvalue weighted by Gasteiger charge is 2.20. The number of carbonyl (C=O) groups excluding carboxylic acids is 1. The number of imidazole rings is 1. The number of hydrogen-bond donors (Lipinski definition) is 0. The van der Waals surface area contributed by atoms with Gasteiger partial charge in [0.2, 0.25) is 5.91 Å². The van der Waals surface area contributed by atoms with Crippen LogP contribution >= 0.6 is 11.3 Å². The van der Waals surface area contributed by atoms with Gasteiger partial charge in [-0.1, -0.05) is 0 Å². The van der Waals surface area contributed by atoms with Crippen molar-refractivity contribution >= 4 is 23.0 Å². The summed E-state index contributed by atoms with van der Waals surface area (Å²) in [5.41, 5.74) is 1.02. The van der Waals surface area contributed by atoms with Crippen molar-refractivity contribution in [2.45, 2.75) is 26.3 Å². The molecule has 0 saturated carbocycles. The van der Waals surface area contributed by atoms with Crippen molar-refractivity contribution in [1.82, 2.24) is 14.6 Å². The van der Waals surface area contributed by atoms with Crippen molar-refractivity contribution in [1.29, 1.82) is 0 Å². The van der Waals surface area contributed by atoms with Crippen LogP contribution in [0, 0.1) is 0 Å². The van der Waals surface area contributed by atoms with E-state index in [9.17, 15) is 4.79 Å². The van der Waals surface area contributed by atoms with Gasteiger partial charge in [0.05, 0.1) is 23.5 Å². The Hall–Kier alpha value is -1.95. The lowest BCUT2D eigenvalue weighted by Crippen LogP contribution is -2.31. The lowest BCUT2D eigenvalue weighted by molar-refractivity contribution is -0.131. The highest BCUT2D eigenvalue weighted by atomic mass is 32.1. The molecule has 1 aliphatic rings. The van der Waals surface area contributed by atoms with Crippen molar-refractivity contribution in [3.63, 3.8) is 0 Å². The number of rotatable bonds is 4. The molecule has 3 heterocycles. The van der Waals surface area contributed by atoms with Gasteiger partial charge in [0.1, 0.15) is 0 Å². The predicted octanol–water partition coefficient (Wildman–Crippen LogP) is 2.34. The topological polar surface area (TPSA) is 50.5 Å². The van der Waals surface area contributed by atoms with E-state index in [0.29, 0.717) is 13.0 Å². The quantitative estimate of drug-likeness (QED) is 0.867. The number of hydrogen-bond acceptors (Lipinski definition) is 4. The summed E-state index contributed by atoms with van der Waals surface area (Å²) in [5.74, 6) is 0.117. The minimum atomic E-state index is 0.117. The van der Waals surface area contributed by atoms with E-state index in [1.165, 1.54) is 4.88 Å². The van der Waals surface area contributed by atoms with Crippen LogP contribution in [0.2, 0.25) is 0 Å². The molecule has 0 bridgehead atoms. The smallest absolute Gasteiger partial charge is 0.243 e. The van der Waals surface area contributed by atoms with Gasteiger partial charge in [0.25, 0.3) is 0 Å². The zero-order valence-corrected chi connectivity index (χ0v) is 12.1. The fourth-order valence-corrected chi connectivity index (χ4v) is 3.23. The second-order valence-electron chi connectivity index (χ2n) is 4.66. The molecule has 1 amide bonds. The van der Waals surface area contributed by atoms with E-state index < -0.39 is 0 Å². The van der Waals surface area contributed by atoms with Gasteiger partial charge in [-0.15, -0.1) is 11.3 Å². The summed E-state index contributed by atoms with van der Waals surface area (Å²) in [6, 6.07) is 4.22. The lowest BCUT2D eigenvalue weighted by atomic mass is 10.1. The van der Waals surface area contributed by atoms with Crippen LogP contribution < -0.4 is 0 Å². The molecule has 0 aliphatic carbocycles. The zero-order valence-electron chi connectivity index (χ0n) is 11.3. The highest BCUT2D eigenvalue weighted by molar-refractivity contribution is 7.14. The molecular weight excluding hydrogens is 272 g/mol. The van der Waals surface area contributed by atoms with E-state index in [2.05, 4.69) is 22.2 Å². The Morgan fingerprint density at radius 3 is 3.00 bits per heavy atom. The minimum Gasteiger partial charge on any atom is -0.332 e. The number of nitrogens with zero attached hydrogens (tertiary/aromatic N) is 4. The van der Waals surface area contributed by atoms with Crippen LogP contribution in [0.25, 0.3) is 0 Å². The summed E-state index contributed by atoms with van der Waals surface area (Å²) in [7, 11) is 0. The third-order valence-electron chi connectivity index (χ3n) is 3.25. The van der Waals surface area contributed by atoms with Gasteiger partial charge in [0, 0.05) is 36.7 Å². The first-order valence-corrected chi connectivity index (χ1v) is 7.50. The summed E-state index contributed by atoms with van der Waals surface area (Å²) in [6.45, 7) is 3.41. The first-order valence-electron chi connectivity index (χ1n) is 6.69. The van der Waals surface area contributed by atoms with Crippen LogP contribution in [-0.2, 0) is 11.3 Å². The van der Waals surface area contributed by atoms with Crippen molar-refractivity contribution in [2.75, 3.05) is 6.54 Å². The summed E-state index contributed by atoms with van der Waals surface area (Å²) >= 11 is 1.73. The van der Waals surface area contributed by atoms with Crippen LogP contribution in [0.1, 0.15) is 29.5 Å². The Morgan fingerprint density at radius 2 is 2.25 bits per heavy atom. The molecular formula is C14H16N4OS. The first-order chi connectivity index (χ1) is 9.76. The van der Waals surface area contributed by atoms with Crippen molar-refractivity contribution in [2.24, 2.45) is 5.10 Å². The third-order valence-corrected chi connectivity index (χ3v) is 4.37. The standard InChI is InChI=1S/C14H16N4OS/c1-2-18-14(19)6-4-12(16-18)13-5-3-11(20-13)9-17-8-7-15-10-17/h3,5,7-8,10H,2,4,6,9H2,1H3. The Balaban J connectivity index is 1.78. The average molecular weight is 288 g/mol. The van der Waals surface area contributed by atoms with Crippen molar-refractivity contribution in [3.05, 3.63) is 40.6 Å². The van der Waals surface area contributed by atoms with E-state index in [1.807, 2.05) is 24.0 Å². The van der Waals surface area contributed by atoms with E-state index >= 15 is 0 Å². The number of aromatic nitrogens is 2. The molecule has 0 atom stereocenters. The van der Waals surface area contributed by atoms with Gasteiger partial charge in [-0.25, -0.2) is 9.99 Å². The molecule has 0 saturated heterocycles. The fourth-order valence-electron chi connectivity index (χ4n) is 2.20. The predicted molar refractivity (Wildman–Crippen MR) is 78.8 cm³/mol. The largest absolute Gasteiger partial charge is 0.332 e. The van der Waals surface area contributed by atoms with E-state index in [4.69, 9.17) is 0 Å². The third kappa shape index (κ3) is 2.65. The molecule has 2 aromatic heterocycles. The van der Waals surface area contributed by atoms with E-state index in [0.717, 1.165) is 23.6 Å². The van der Waals surface area contributed by atoms with Gasteiger partial charge >= 0.3 is 0 Å². The van der Waals surface area contributed by atoms with Crippen LogP contribution in [-0.4, -0.2) is 32.7 Å². The molecule has 0 fully saturated rings. The second kappa shape index (κ2) is 5.58. The number of thiophene rings is 1. The molecule has 3 rings (SSSR count). The minimum absolute atomic E-state index is 0.117. The Morgan fingerprint density at radius 1 is 1.35 bits per heavy atom. The molecule has 2 aromatic rings. The van der Waals surface area contributed by atoms with Gasteiger partial charge in [0.15, 0.2) is 0 Å². The van der Waals surface area contributed by atoms with Crippen LogP contribution in [0.4, 0.5) is 0 Å². The summed E-state index contributed by atoms with van der Waals surface area (Å²) in [5, 5.41) is 6.02. The maximum absolute atomic E-state index is 11.6. The second-order valence-corrected chi connectivity index (χ2v) is 5.83. The Labute approximate surface area is 121 Å². The molecule has 0 radical (unpaired) electrons. The maximum Gasteiger partial charge on any atom is 0.243 e. The fraction of sp³-hybridized carbons (Fsp3) is 0.357. The summed E-state index contributed by atoms with van der Waals surface area (Å²) in [4.78, 5) is 18.1. The van der Waals surface area contributed by atoms with Gasteiger partial charge in [-0.3, -0.25) is 4.79 Å². The highest BCUT2D eigenvalue weighted by Crippen LogP contribution is 2.23. The molecule has 0 unspecified atom stereocenters. The molecule has 6 heteroatoms. The van der Waals surface area contributed by atoms with Crippen molar-refractivity contribution < 1.29 is 4.79 Å². The van der Waals surface area contributed by atoms with Crippen LogP contribution in [0.15, 0.2) is 36.0 Å². The van der Waals surface area contributed by atoms with Crippen molar-refractivity contribution in [3.8, 4) is 0 Å². The van der Waals surface area contributed by atoms with Gasteiger partial charge in [-0.05, 0) is 19.1 Å². The SMILES string of the molecule is CCN1N=C(c2ccc(Cn3ccnc3)s2)CCC1=O. The molecule has 104 valence electrons. The van der Waals surface area contributed by atoms with E-state index in [-0.39, 0.29) is 5.91 Å². The normalized spacial score (nSPS) is 15.6. The number of amides is 1. The molecule has 1 aliphatic heterocycles. The summed E-state index contributed by atoms with van der Waals surface area (Å²) in [6.07, 6.45) is 6.84. The number of hydrazone groups is 1. The maximum atomic E-state index is 11.6. The van der Waals surface area contributed by atoms with Gasteiger partial charge in [-0.2, -0.15) is 5.10 Å². The summed E-state index contributed by atoms with van der Waals surface area (Å²) < 4.78 is 2.04.